The maximum absolute atomic E-state index is 5.66. The van der Waals surface area contributed by atoms with Crippen LogP contribution in [0.1, 0.15) is 0 Å². The smallest absolute Gasteiger partial charge is 0.119 e. The number of benzene rings is 2. The highest BCUT2D eigenvalue weighted by molar-refractivity contribution is 9.10. The summed E-state index contributed by atoms with van der Waals surface area (Å²) in [5.41, 5.74) is 2.39. The molecule has 0 saturated carbocycles. The van der Waals surface area contributed by atoms with Crippen LogP contribution in [0.4, 0.5) is 0 Å². The van der Waals surface area contributed by atoms with Gasteiger partial charge < -0.3 is 10.1 Å². The number of hydrogen-bond donors (Lipinski definition) is 1. The normalized spacial score (nSPS) is 10.2. The van der Waals surface area contributed by atoms with Crippen molar-refractivity contribution in [2.75, 3.05) is 19.7 Å². The van der Waals surface area contributed by atoms with Crippen LogP contribution in [0.5, 0.6) is 5.75 Å². The lowest BCUT2D eigenvalue weighted by molar-refractivity contribution is 0.316. The van der Waals surface area contributed by atoms with Gasteiger partial charge in [0.1, 0.15) is 12.4 Å². The molecule has 3 heteroatoms. The van der Waals surface area contributed by atoms with Crippen LogP contribution in [0.15, 0.2) is 65.7 Å². The van der Waals surface area contributed by atoms with E-state index in [1.165, 1.54) is 11.1 Å². The Kier molecular flexibility index (Phi) is 5.84. The fourth-order valence-electron chi connectivity index (χ4n) is 1.83. The largest absolute Gasteiger partial charge is 0.492 e. The second-order valence-corrected chi connectivity index (χ2v) is 5.29. The zero-order chi connectivity index (χ0) is 14.2. The molecule has 0 spiro atoms. The highest BCUT2D eigenvalue weighted by Crippen LogP contribution is 2.23. The Hall–Kier alpha value is -1.58. The molecule has 0 unspecified atom stereocenters. The molecule has 1 N–H and O–H groups in total. The van der Waals surface area contributed by atoms with Crippen LogP contribution in [0.2, 0.25) is 0 Å². The van der Waals surface area contributed by atoms with E-state index in [4.69, 9.17) is 4.74 Å². The SMILES string of the molecule is C=CCNCCOc1ccc(-c2ccc(Br)cc2)cc1. The van der Waals surface area contributed by atoms with Crippen LogP contribution >= 0.6 is 15.9 Å². The molecular formula is C17H18BrNO. The van der Waals surface area contributed by atoms with Gasteiger partial charge in [0.05, 0.1) is 0 Å². The molecule has 0 atom stereocenters. The minimum Gasteiger partial charge on any atom is -0.492 e. The van der Waals surface area contributed by atoms with Crippen molar-refractivity contribution in [1.82, 2.24) is 5.32 Å². The summed E-state index contributed by atoms with van der Waals surface area (Å²) < 4.78 is 6.75. The van der Waals surface area contributed by atoms with Crippen molar-refractivity contribution in [2.45, 2.75) is 0 Å². The van der Waals surface area contributed by atoms with Gasteiger partial charge in [-0.1, -0.05) is 46.3 Å². The Balaban J connectivity index is 1.89. The van der Waals surface area contributed by atoms with Gasteiger partial charge in [0, 0.05) is 17.6 Å². The molecule has 104 valence electrons. The average Bonchev–Trinajstić information content (AvgIpc) is 2.49. The lowest BCUT2D eigenvalue weighted by Crippen LogP contribution is -2.20. The molecule has 2 aromatic rings. The minimum absolute atomic E-state index is 0.658. The van der Waals surface area contributed by atoms with E-state index in [0.717, 1.165) is 23.3 Å². The Morgan fingerprint density at radius 3 is 2.20 bits per heavy atom. The van der Waals surface area contributed by atoms with Crippen molar-refractivity contribution in [3.8, 4) is 16.9 Å². The summed E-state index contributed by atoms with van der Waals surface area (Å²) in [7, 11) is 0. The Morgan fingerprint density at radius 1 is 1.00 bits per heavy atom. The molecule has 2 nitrogen and oxygen atoms in total. The summed E-state index contributed by atoms with van der Waals surface area (Å²) in [5.74, 6) is 0.895. The van der Waals surface area contributed by atoms with Gasteiger partial charge in [-0.15, -0.1) is 6.58 Å². The molecule has 0 aromatic heterocycles. The number of hydrogen-bond acceptors (Lipinski definition) is 2. The monoisotopic (exact) mass is 331 g/mol. The first-order chi connectivity index (χ1) is 9.79. The third-order valence-electron chi connectivity index (χ3n) is 2.87. The number of halogens is 1. The lowest BCUT2D eigenvalue weighted by Gasteiger charge is -2.08. The van der Waals surface area contributed by atoms with Gasteiger partial charge in [-0.3, -0.25) is 0 Å². The molecule has 0 bridgehead atoms. The third-order valence-corrected chi connectivity index (χ3v) is 3.40. The maximum atomic E-state index is 5.66. The molecule has 0 radical (unpaired) electrons. The van der Waals surface area contributed by atoms with Gasteiger partial charge in [-0.25, -0.2) is 0 Å². The van der Waals surface area contributed by atoms with E-state index in [1.807, 2.05) is 30.3 Å². The van der Waals surface area contributed by atoms with Crippen molar-refractivity contribution < 1.29 is 4.74 Å². The van der Waals surface area contributed by atoms with E-state index in [9.17, 15) is 0 Å². The fourth-order valence-corrected chi connectivity index (χ4v) is 2.10. The summed E-state index contributed by atoms with van der Waals surface area (Å²) in [6, 6.07) is 16.5. The van der Waals surface area contributed by atoms with E-state index < -0.39 is 0 Å². The Labute approximate surface area is 128 Å². The van der Waals surface area contributed by atoms with Gasteiger partial charge in [0.2, 0.25) is 0 Å². The zero-order valence-electron chi connectivity index (χ0n) is 11.3. The second kappa shape index (κ2) is 7.88. The lowest BCUT2D eigenvalue weighted by atomic mass is 10.1. The second-order valence-electron chi connectivity index (χ2n) is 4.37. The fraction of sp³-hybridized carbons (Fsp3) is 0.176. The first kappa shape index (κ1) is 14.8. The molecular weight excluding hydrogens is 314 g/mol. The average molecular weight is 332 g/mol. The number of ether oxygens (including phenoxy) is 1. The Bertz CT molecular complexity index is 534. The van der Waals surface area contributed by atoms with Crippen LogP contribution in [-0.4, -0.2) is 19.7 Å². The molecule has 0 aliphatic heterocycles. The minimum atomic E-state index is 0.658. The van der Waals surface area contributed by atoms with Gasteiger partial charge in [0.25, 0.3) is 0 Å². The number of nitrogens with one attached hydrogen (secondary N) is 1. The third kappa shape index (κ3) is 4.51. The standard InChI is InChI=1S/C17H18BrNO/c1-2-11-19-12-13-20-17-9-5-15(6-10-17)14-3-7-16(18)8-4-14/h2-10,19H,1,11-13H2. The van der Waals surface area contributed by atoms with Crippen molar-refractivity contribution >= 4 is 15.9 Å². The van der Waals surface area contributed by atoms with Crippen LogP contribution in [0.25, 0.3) is 11.1 Å². The molecule has 0 amide bonds. The van der Waals surface area contributed by atoms with E-state index >= 15 is 0 Å². The van der Waals surface area contributed by atoms with Crippen LogP contribution in [-0.2, 0) is 0 Å². The van der Waals surface area contributed by atoms with Crippen molar-refractivity contribution in [2.24, 2.45) is 0 Å². The van der Waals surface area contributed by atoms with Crippen LogP contribution in [0, 0.1) is 0 Å². The van der Waals surface area contributed by atoms with Crippen LogP contribution < -0.4 is 10.1 Å². The van der Waals surface area contributed by atoms with Crippen molar-refractivity contribution in [1.29, 1.82) is 0 Å². The molecule has 0 saturated heterocycles. The van der Waals surface area contributed by atoms with E-state index in [2.05, 4.69) is 52.1 Å². The topological polar surface area (TPSA) is 21.3 Å². The molecule has 20 heavy (non-hydrogen) atoms. The summed E-state index contributed by atoms with van der Waals surface area (Å²) in [6.07, 6.45) is 1.84. The predicted molar refractivity (Wildman–Crippen MR) is 88.1 cm³/mol. The van der Waals surface area contributed by atoms with E-state index in [0.29, 0.717) is 6.61 Å². The number of rotatable bonds is 7. The summed E-state index contributed by atoms with van der Waals surface area (Å²) in [5, 5.41) is 3.20. The molecule has 0 aliphatic rings. The maximum Gasteiger partial charge on any atom is 0.119 e. The summed E-state index contributed by atoms with van der Waals surface area (Å²) >= 11 is 3.44. The zero-order valence-corrected chi connectivity index (χ0v) is 12.9. The van der Waals surface area contributed by atoms with Crippen LogP contribution in [0.3, 0.4) is 0 Å². The molecule has 2 rings (SSSR count). The Morgan fingerprint density at radius 2 is 1.60 bits per heavy atom. The summed E-state index contributed by atoms with van der Waals surface area (Å²) in [6.45, 7) is 5.94. The first-order valence-electron chi connectivity index (χ1n) is 6.60. The molecule has 0 aliphatic carbocycles. The highest BCUT2D eigenvalue weighted by atomic mass is 79.9. The van der Waals surface area contributed by atoms with E-state index in [-0.39, 0.29) is 0 Å². The van der Waals surface area contributed by atoms with Gasteiger partial charge >= 0.3 is 0 Å². The predicted octanol–water partition coefficient (Wildman–Crippen LogP) is 4.27. The molecule has 0 heterocycles. The van der Waals surface area contributed by atoms with Crippen molar-refractivity contribution in [3.05, 3.63) is 65.7 Å². The summed E-state index contributed by atoms with van der Waals surface area (Å²) in [4.78, 5) is 0. The molecule has 0 fully saturated rings. The highest BCUT2D eigenvalue weighted by Gasteiger charge is 1.99. The van der Waals surface area contributed by atoms with Crippen molar-refractivity contribution in [3.63, 3.8) is 0 Å². The van der Waals surface area contributed by atoms with Gasteiger partial charge in [-0.2, -0.15) is 0 Å². The quantitative estimate of drug-likeness (QED) is 0.604. The molecule has 2 aromatic carbocycles. The van der Waals surface area contributed by atoms with Gasteiger partial charge in [0.15, 0.2) is 0 Å². The van der Waals surface area contributed by atoms with E-state index in [1.54, 1.807) is 0 Å². The van der Waals surface area contributed by atoms with Gasteiger partial charge in [-0.05, 0) is 35.4 Å². The first-order valence-corrected chi connectivity index (χ1v) is 7.39.